The Morgan fingerprint density at radius 1 is 1.53 bits per heavy atom. The third-order valence-electron chi connectivity index (χ3n) is 3.43. The van der Waals surface area contributed by atoms with Gasteiger partial charge in [-0.15, -0.1) is 6.42 Å². The molecule has 3 heteroatoms. The lowest BCUT2D eigenvalue weighted by Crippen LogP contribution is -2.35. The second kappa shape index (κ2) is 7.56. The van der Waals surface area contributed by atoms with Gasteiger partial charge in [0.05, 0.1) is 5.92 Å². The summed E-state index contributed by atoms with van der Waals surface area (Å²) in [4.78, 5) is 0. The number of rotatable bonds is 4. The molecule has 1 rings (SSSR count). The fourth-order valence-corrected chi connectivity index (χ4v) is 1.74. The summed E-state index contributed by atoms with van der Waals surface area (Å²) in [7, 11) is 0. The lowest BCUT2D eigenvalue weighted by molar-refractivity contribution is -0.204. The van der Waals surface area contributed by atoms with E-state index in [1.807, 2.05) is 13.8 Å². The third-order valence-corrected chi connectivity index (χ3v) is 3.43. The van der Waals surface area contributed by atoms with Crippen LogP contribution in [0.1, 0.15) is 46.5 Å². The Morgan fingerprint density at radius 2 is 2.26 bits per heavy atom. The summed E-state index contributed by atoms with van der Waals surface area (Å²) in [6.45, 7) is 6.45. The van der Waals surface area contributed by atoms with E-state index in [2.05, 4.69) is 17.8 Å². The Labute approximate surface area is 116 Å². The SMILES string of the molecule is C#CC(C)C(O)C#CC(C)(CC)OC1CCCCO1. The second-order valence-corrected chi connectivity index (χ2v) is 5.17. The molecule has 1 N–H and O–H groups in total. The number of aliphatic hydroxyl groups excluding tert-OH is 1. The Kier molecular flexibility index (Phi) is 6.38. The molecule has 1 saturated heterocycles. The van der Waals surface area contributed by atoms with Gasteiger partial charge in [0.2, 0.25) is 0 Å². The van der Waals surface area contributed by atoms with Gasteiger partial charge < -0.3 is 14.6 Å². The van der Waals surface area contributed by atoms with Crippen molar-refractivity contribution in [3.8, 4) is 24.2 Å². The lowest BCUT2D eigenvalue weighted by Gasteiger charge is -2.31. The zero-order chi connectivity index (χ0) is 14.3. The van der Waals surface area contributed by atoms with Crippen LogP contribution in [-0.4, -0.2) is 29.7 Å². The highest BCUT2D eigenvalue weighted by molar-refractivity contribution is 5.18. The van der Waals surface area contributed by atoms with Crippen molar-refractivity contribution in [3.63, 3.8) is 0 Å². The molecule has 0 aromatic rings. The summed E-state index contributed by atoms with van der Waals surface area (Å²) in [6.07, 6.45) is 8.11. The average Bonchev–Trinajstić information content (AvgIpc) is 2.45. The predicted molar refractivity (Wildman–Crippen MR) is 75.2 cm³/mol. The van der Waals surface area contributed by atoms with Crippen LogP contribution in [-0.2, 0) is 9.47 Å². The fraction of sp³-hybridized carbons (Fsp3) is 0.750. The highest BCUT2D eigenvalue weighted by Gasteiger charge is 2.27. The minimum absolute atomic E-state index is 0.185. The van der Waals surface area contributed by atoms with Gasteiger partial charge in [0.25, 0.3) is 0 Å². The first-order valence-electron chi connectivity index (χ1n) is 6.97. The molecular formula is C16H24O3. The minimum Gasteiger partial charge on any atom is -0.379 e. The van der Waals surface area contributed by atoms with Crippen LogP contribution in [0.4, 0.5) is 0 Å². The van der Waals surface area contributed by atoms with Gasteiger partial charge in [0.15, 0.2) is 6.29 Å². The zero-order valence-electron chi connectivity index (χ0n) is 12.1. The van der Waals surface area contributed by atoms with Gasteiger partial charge in [-0.2, -0.15) is 0 Å². The minimum atomic E-state index is -0.813. The predicted octanol–water partition coefficient (Wildman–Crippen LogP) is 2.33. The van der Waals surface area contributed by atoms with Crippen LogP contribution < -0.4 is 0 Å². The Hall–Kier alpha value is -1.00. The van der Waals surface area contributed by atoms with Crippen LogP contribution in [0.15, 0.2) is 0 Å². The summed E-state index contributed by atoms with van der Waals surface area (Å²) in [5, 5.41) is 9.78. The standard InChI is InChI=1S/C16H24O3/c1-5-13(3)14(17)10-11-16(4,6-2)19-15-9-7-8-12-18-15/h1,13-15,17H,6-9,12H2,2-4H3. The molecule has 0 aromatic heterocycles. The summed E-state index contributed by atoms with van der Waals surface area (Å²) in [5.74, 6) is 8.01. The highest BCUT2D eigenvalue weighted by atomic mass is 16.7. The largest absolute Gasteiger partial charge is 0.379 e. The molecule has 0 spiro atoms. The van der Waals surface area contributed by atoms with Crippen LogP contribution in [0, 0.1) is 30.1 Å². The molecule has 1 fully saturated rings. The number of terminal acetylenes is 1. The van der Waals surface area contributed by atoms with Crippen LogP contribution >= 0.6 is 0 Å². The van der Waals surface area contributed by atoms with E-state index >= 15 is 0 Å². The molecule has 19 heavy (non-hydrogen) atoms. The van der Waals surface area contributed by atoms with E-state index in [4.69, 9.17) is 15.9 Å². The Balaban J connectivity index is 2.64. The van der Waals surface area contributed by atoms with E-state index in [1.165, 1.54) is 0 Å². The number of hydrogen-bond acceptors (Lipinski definition) is 3. The van der Waals surface area contributed by atoms with E-state index in [9.17, 15) is 5.11 Å². The summed E-state index contributed by atoms with van der Waals surface area (Å²) < 4.78 is 11.5. The molecule has 1 aliphatic heterocycles. The first-order chi connectivity index (χ1) is 9.00. The molecule has 0 aromatic carbocycles. The van der Waals surface area contributed by atoms with E-state index < -0.39 is 11.7 Å². The van der Waals surface area contributed by atoms with E-state index in [1.54, 1.807) is 6.92 Å². The normalized spacial score (nSPS) is 25.3. The van der Waals surface area contributed by atoms with Crippen molar-refractivity contribution in [1.29, 1.82) is 0 Å². The smallest absolute Gasteiger partial charge is 0.159 e. The van der Waals surface area contributed by atoms with Gasteiger partial charge in [0, 0.05) is 6.61 Å². The van der Waals surface area contributed by atoms with Gasteiger partial charge in [-0.1, -0.05) is 24.7 Å². The molecule has 1 aliphatic rings. The third kappa shape index (κ3) is 5.25. The van der Waals surface area contributed by atoms with Crippen LogP contribution in [0.3, 0.4) is 0 Å². The molecule has 4 atom stereocenters. The molecule has 0 radical (unpaired) electrons. The Morgan fingerprint density at radius 3 is 2.79 bits per heavy atom. The number of ether oxygens (including phenoxy) is 2. The van der Waals surface area contributed by atoms with E-state index in [-0.39, 0.29) is 12.2 Å². The van der Waals surface area contributed by atoms with Crippen molar-refractivity contribution in [2.45, 2.75) is 64.4 Å². The Bertz CT molecular complexity index is 368. The molecule has 0 amide bonds. The highest BCUT2D eigenvalue weighted by Crippen LogP contribution is 2.23. The van der Waals surface area contributed by atoms with E-state index in [0.717, 1.165) is 32.3 Å². The monoisotopic (exact) mass is 264 g/mol. The topological polar surface area (TPSA) is 38.7 Å². The molecule has 3 nitrogen and oxygen atoms in total. The fourth-order valence-electron chi connectivity index (χ4n) is 1.74. The van der Waals surface area contributed by atoms with Crippen molar-refractivity contribution in [3.05, 3.63) is 0 Å². The van der Waals surface area contributed by atoms with E-state index in [0.29, 0.717) is 0 Å². The summed E-state index contributed by atoms with van der Waals surface area (Å²) >= 11 is 0. The summed E-state index contributed by atoms with van der Waals surface area (Å²) in [6, 6.07) is 0. The van der Waals surface area contributed by atoms with Crippen molar-refractivity contribution in [2.24, 2.45) is 5.92 Å². The maximum atomic E-state index is 9.78. The lowest BCUT2D eigenvalue weighted by atomic mass is 10.0. The molecule has 106 valence electrons. The quantitative estimate of drug-likeness (QED) is 0.792. The van der Waals surface area contributed by atoms with Gasteiger partial charge in [-0.05, 0) is 39.5 Å². The molecule has 0 bridgehead atoms. The average molecular weight is 264 g/mol. The first-order valence-corrected chi connectivity index (χ1v) is 6.97. The molecular weight excluding hydrogens is 240 g/mol. The van der Waals surface area contributed by atoms with Crippen molar-refractivity contribution in [2.75, 3.05) is 6.61 Å². The second-order valence-electron chi connectivity index (χ2n) is 5.17. The number of aliphatic hydroxyl groups is 1. The van der Waals surface area contributed by atoms with Gasteiger partial charge in [-0.25, -0.2) is 0 Å². The zero-order valence-corrected chi connectivity index (χ0v) is 12.1. The van der Waals surface area contributed by atoms with Crippen molar-refractivity contribution in [1.82, 2.24) is 0 Å². The first kappa shape index (κ1) is 16.1. The van der Waals surface area contributed by atoms with Gasteiger partial charge in [0.1, 0.15) is 11.7 Å². The van der Waals surface area contributed by atoms with Gasteiger partial charge in [-0.3, -0.25) is 0 Å². The molecule has 1 heterocycles. The van der Waals surface area contributed by atoms with Crippen LogP contribution in [0.2, 0.25) is 0 Å². The number of hydrogen-bond donors (Lipinski definition) is 1. The summed E-state index contributed by atoms with van der Waals surface area (Å²) in [5.41, 5.74) is -0.600. The van der Waals surface area contributed by atoms with Crippen LogP contribution in [0.5, 0.6) is 0 Å². The molecule has 0 saturated carbocycles. The maximum Gasteiger partial charge on any atom is 0.159 e. The molecule has 0 aliphatic carbocycles. The van der Waals surface area contributed by atoms with Crippen molar-refractivity contribution < 1.29 is 14.6 Å². The van der Waals surface area contributed by atoms with Crippen LogP contribution in [0.25, 0.3) is 0 Å². The maximum absolute atomic E-state index is 9.78. The van der Waals surface area contributed by atoms with Crippen molar-refractivity contribution >= 4 is 0 Å². The van der Waals surface area contributed by atoms with Gasteiger partial charge >= 0.3 is 0 Å². The molecule has 4 unspecified atom stereocenters.